The SMILES string of the molecule is Cc1ccc(NC(=O)N[C@@H](C(=O)N(C)C)c2ccccc2)c(F)c1. The minimum Gasteiger partial charge on any atom is -0.347 e. The van der Waals surface area contributed by atoms with Crippen LogP contribution in [0, 0.1) is 12.7 Å². The summed E-state index contributed by atoms with van der Waals surface area (Å²) < 4.78 is 13.8. The summed E-state index contributed by atoms with van der Waals surface area (Å²) in [6.45, 7) is 1.76. The van der Waals surface area contributed by atoms with Gasteiger partial charge in [-0.05, 0) is 30.2 Å². The van der Waals surface area contributed by atoms with Crippen LogP contribution in [0.5, 0.6) is 0 Å². The zero-order valence-corrected chi connectivity index (χ0v) is 13.8. The number of nitrogens with zero attached hydrogens (tertiary/aromatic N) is 1. The third-order valence-corrected chi connectivity index (χ3v) is 3.47. The smallest absolute Gasteiger partial charge is 0.320 e. The minimum atomic E-state index is -0.852. The third-order valence-electron chi connectivity index (χ3n) is 3.47. The van der Waals surface area contributed by atoms with E-state index in [2.05, 4.69) is 10.6 Å². The van der Waals surface area contributed by atoms with Gasteiger partial charge in [-0.2, -0.15) is 0 Å². The van der Waals surface area contributed by atoms with Crippen LogP contribution in [0.4, 0.5) is 14.9 Å². The summed E-state index contributed by atoms with van der Waals surface area (Å²) in [5, 5.41) is 5.03. The molecule has 0 aliphatic heterocycles. The Bertz CT molecular complexity index is 732. The van der Waals surface area contributed by atoms with Crippen LogP contribution in [-0.2, 0) is 4.79 Å². The van der Waals surface area contributed by atoms with E-state index in [1.165, 1.54) is 17.0 Å². The zero-order chi connectivity index (χ0) is 17.7. The molecule has 6 heteroatoms. The van der Waals surface area contributed by atoms with Gasteiger partial charge in [-0.15, -0.1) is 0 Å². The molecule has 0 heterocycles. The molecule has 3 amide bonds. The zero-order valence-electron chi connectivity index (χ0n) is 13.8. The summed E-state index contributed by atoms with van der Waals surface area (Å²) in [6.07, 6.45) is 0. The van der Waals surface area contributed by atoms with Gasteiger partial charge < -0.3 is 15.5 Å². The summed E-state index contributed by atoms with van der Waals surface area (Å²) >= 11 is 0. The molecule has 2 aromatic carbocycles. The van der Waals surface area contributed by atoms with Gasteiger partial charge in [0.1, 0.15) is 11.9 Å². The van der Waals surface area contributed by atoms with Crippen molar-refractivity contribution in [2.75, 3.05) is 19.4 Å². The maximum absolute atomic E-state index is 13.8. The molecule has 0 aliphatic carbocycles. The van der Waals surface area contributed by atoms with Crippen molar-refractivity contribution in [1.82, 2.24) is 10.2 Å². The van der Waals surface area contributed by atoms with Crippen molar-refractivity contribution in [3.05, 3.63) is 65.5 Å². The van der Waals surface area contributed by atoms with E-state index in [1.54, 1.807) is 51.4 Å². The van der Waals surface area contributed by atoms with Gasteiger partial charge in [0.05, 0.1) is 5.69 Å². The molecule has 24 heavy (non-hydrogen) atoms. The molecule has 2 aromatic rings. The van der Waals surface area contributed by atoms with Crippen molar-refractivity contribution in [1.29, 1.82) is 0 Å². The number of benzene rings is 2. The Kier molecular flexibility index (Phi) is 5.52. The summed E-state index contributed by atoms with van der Waals surface area (Å²) in [5.41, 5.74) is 1.46. The van der Waals surface area contributed by atoms with Gasteiger partial charge in [-0.1, -0.05) is 36.4 Å². The molecule has 0 unspecified atom stereocenters. The second kappa shape index (κ2) is 7.59. The molecule has 0 fully saturated rings. The molecule has 5 nitrogen and oxygen atoms in total. The van der Waals surface area contributed by atoms with Crippen molar-refractivity contribution in [3.63, 3.8) is 0 Å². The second-order valence-electron chi connectivity index (χ2n) is 5.66. The molecule has 0 saturated carbocycles. The first-order valence-electron chi connectivity index (χ1n) is 7.48. The van der Waals surface area contributed by atoms with E-state index in [9.17, 15) is 14.0 Å². The number of nitrogens with one attached hydrogen (secondary N) is 2. The Morgan fingerprint density at radius 2 is 1.75 bits per heavy atom. The second-order valence-corrected chi connectivity index (χ2v) is 5.66. The van der Waals surface area contributed by atoms with E-state index in [0.717, 1.165) is 5.56 Å². The van der Waals surface area contributed by atoms with Gasteiger partial charge in [-0.3, -0.25) is 4.79 Å². The van der Waals surface area contributed by atoms with Crippen molar-refractivity contribution >= 4 is 17.6 Å². The number of hydrogen-bond acceptors (Lipinski definition) is 2. The number of likely N-dealkylation sites (N-methyl/N-ethyl adjacent to an activating group) is 1. The number of carbonyl (C=O) groups excluding carboxylic acids is 2. The molecule has 0 saturated heterocycles. The van der Waals surface area contributed by atoms with Crippen LogP contribution in [0.3, 0.4) is 0 Å². The first-order valence-corrected chi connectivity index (χ1v) is 7.48. The highest BCUT2D eigenvalue weighted by molar-refractivity contribution is 5.94. The Balaban J connectivity index is 2.17. The number of urea groups is 1. The van der Waals surface area contributed by atoms with E-state index in [4.69, 9.17) is 0 Å². The normalized spacial score (nSPS) is 11.5. The first kappa shape index (κ1) is 17.5. The molecule has 0 spiro atoms. The average Bonchev–Trinajstić information content (AvgIpc) is 2.55. The number of carbonyl (C=O) groups is 2. The lowest BCUT2D eigenvalue weighted by Crippen LogP contribution is -2.41. The van der Waals surface area contributed by atoms with Crippen LogP contribution in [0.25, 0.3) is 0 Å². The van der Waals surface area contributed by atoms with Gasteiger partial charge in [0.15, 0.2) is 0 Å². The monoisotopic (exact) mass is 329 g/mol. The minimum absolute atomic E-state index is 0.0576. The van der Waals surface area contributed by atoms with Crippen molar-refractivity contribution in [3.8, 4) is 0 Å². The summed E-state index contributed by atoms with van der Waals surface area (Å²) in [4.78, 5) is 25.9. The largest absolute Gasteiger partial charge is 0.347 e. The Morgan fingerprint density at radius 1 is 1.08 bits per heavy atom. The van der Waals surface area contributed by atoms with E-state index in [0.29, 0.717) is 5.56 Å². The average molecular weight is 329 g/mol. The van der Waals surface area contributed by atoms with Crippen LogP contribution >= 0.6 is 0 Å². The lowest BCUT2D eigenvalue weighted by molar-refractivity contribution is -0.130. The van der Waals surface area contributed by atoms with Crippen LogP contribution < -0.4 is 10.6 Å². The number of amides is 3. The highest BCUT2D eigenvalue weighted by Gasteiger charge is 2.24. The lowest BCUT2D eigenvalue weighted by atomic mass is 10.1. The van der Waals surface area contributed by atoms with Gasteiger partial charge >= 0.3 is 6.03 Å². The van der Waals surface area contributed by atoms with Crippen LogP contribution in [0.15, 0.2) is 48.5 Å². The molecule has 0 aromatic heterocycles. The van der Waals surface area contributed by atoms with Gasteiger partial charge in [0.25, 0.3) is 0 Å². The van der Waals surface area contributed by atoms with Gasteiger partial charge in [0, 0.05) is 14.1 Å². The standard InChI is InChI=1S/C18H20FN3O2/c1-12-9-10-15(14(19)11-12)20-18(24)21-16(17(23)22(2)3)13-7-5-4-6-8-13/h4-11,16H,1-3H3,(H2,20,21,24)/t16-/m1/s1. The van der Waals surface area contributed by atoms with Crippen molar-refractivity contribution in [2.24, 2.45) is 0 Å². The van der Waals surface area contributed by atoms with Crippen LogP contribution in [-0.4, -0.2) is 30.9 Å². The Morgan fingerprint density at radius 3 is 2.33 bits per heavy atom. The molecule has 0 aliphatic rings. The first-order chi connectivity index (χ1) is 11.4. The fraction of sp³-hybridized carbons (Fsp3) is 0.222. The van der Waals surface area contributed by atoms with E-state index in [1.807, 2.05) is 6.07 Å². The number of hydrogen-bond donors (Lipinski definition) is 2. The maximum Gasteiger partial charge on any atom is 0.320 e. The van der Waals surface area contributed by atoms with Crippen molar-refractivity contribution < 1.29 is 14.0 Å². The molecule has 2 N–H and O–H groups in total. The fourth-order valence-electron chi connectivity index (χ4n) is 2.20. The summed E-state index contributed by atoms with van der Waals surface area (Å²) in [5.74, 6) is -0.805. The van der Waals surface area contributed by atoms with Gasteiger partial charge in [0.2, 0.25) is 5.91 Å². The molecule has 126 valence electrons. The topological polar surface area (TPSA) is 61.4 Å². The van der Waals surface area contributed by atoms with Crippen LogP contribution in [0.2, 0.25) is 0 Å². The maximum atomic E-state index is 13.8. The lowest BCUT2D eigenvalue weighted by Gasteiger charge is -2.22. The van der Waals surface area contributed by atoms with Crippen LogP contribution in [0.1, 0.15) is 17.2 Å². The molecule has 0 bridgehead atoms. The number of rotatable bonds is 4. The predicted octanol–water partition coefficient (Wildman–Crippen LogP) is 3.09. The number of aryl methyl sites for hydroxylation is 1. The molecule has 0 radical (unpaired) electrons. The van der Waals surface area contributed by atoms with Crippen molar-refractivity contribution in [2.45, 2.75) is 13.0 Å². The fourth-order valence-corrected chi connectivity index (χ4v) is 2.20. The summed E-state index contributed by atoms with van der Waals surface area (Å²) in [6, 6.07) is 11.9. The van der Waals surface area contributed by atoms with E-state index in [-0.39, 0.29) is 11.6 Å². The highest BCUT2D eigenvalue weighted by atomic mass is 19.1. The highest BCUT2D eigenvalue weighted by Crippen LogP contribution is 2.17. The van der Waals surface area contributed by atoms with E-state index < -0.39 is 17.9 Å². The van der Waals surface area contributed by atoms with E-state index >= 15 is 0 Å². The number of halogens is 1. The Labute approximate surface area is 140 Å². The van der Waals surface area contributed by atoms with Gasteiger partial charge in [-0.25, -0.2) is 9.18 Å². The molecule has 1 atom stereocenters. The summed E-state index contributed by atoms with van der Waals surface area (Å²) in [7, 11) is 3.22. The predicted molar refractivity (Wildman–Crippen MR) is 91.2 cm³/mol. The number of anilines is 1. The molecule has 2 rings (SSSR count). The quantitative estimate of drug-likeness (QED) is 0.905. The Hall–Kier alpha value is -2.89. The third kappa shape index (κ3) is 4.32. The molecular weight excluding hydrogens is 309 g/mol. The molecular formula is C18H20FN3O2.